The fourth-order valence-electron chi connectivity index (χ4n) is 2.21. The van der Waals surface area contributed by atoms with Gasteiger partial charge in [0.25, 0.3) is 0 Å². The molecule has 1 aliphatic rings. The zero-order valence-corrected chi connectivity index (χ0v) is 9.64. The molecule has 2 N–H and O–H groups in total. The maximum atomic E-state index is 11.4. The van der Waals surface area contributed by atoms with Crippen molar-refractivity contribution >= 4 is 11.9 Å². The van der Waals surface area contributed by atoms with E-state index in [4.69, 9.17) is 5.11 Å². The van der Waals surface area contributed by atoms with Gasteiger partial charge in [-0.15, -0.1) is 0 Å². The molecule has 1 aromatic carbocycles. The molecule has 0 spiro atoms. The molecule has 4 nitrogen and oxygen atoms in total. The van der Waals surface area contributed by atoms with Crippen molar-refractivity contribution in [3.8, 4) is 0 Å². The minimum Gasteiger partial charge on any atom is -0.481 e. The van der Waals surface area contributed by atoms with E-state index in [0.717, 1.165) is 11.1 Å². The third kappa shape index (κ3) is 2.46. The Bertz CT molecular complexity index is 456. The van der Waals surface area contributed by atoms with Gasteiger partial charge in [-0.05, 0) is 18.9 Å². The van der Waals surface area contributed by atoms with Gasteiger partial charge in [-0.2, -0.15) is 0 Å². The highest BCUT2D eigenvalue weighted by Crippen LogP contribution is 2.27. The first-order chi connectivity index (χ1) is 8.08. The molecule has 1 saturated heterocycles. The second kappa shape index (κ2) is 4.57. The maximum Gasteiger partial charge on any atom is 0.316 e. The van der Waals surface area contributed by atoms with Crippen LogP contribution >= 0.6 is 0 Å². The number of carboxylic acids is 1. The highest BCUT2D eigenvalue weighted by atomic mass is 16.4. The standard InChI is InChI=1S/C13H15NO3/c1-8-3-2-4-9(5-8)10-6-11(13(16)17)12(15)14-7-10/h2-5,10-11H,6-7H2,1H3,(H,14,15)(H,16,17). The lowest BCUT2D eigenvalue weighted by Gasteiger charge is -2.27. The fourth-order valence-corrected chi connectivity index (χ4v) is 2.21. The Labute approximate surface area is 99.6 Å². The van der Waals surface area contributed by atoms with E-state index in [1.807, 2.05) is 31.2 Å². The summed E-state index contributed by atoms with van der Waals surface area (Å²) in [5.41, 5.74) is 2.24. The average Bonchev–Trinajstić information content (AvgIpc) is 2.29. The minimum atomic E-state index is -1.04. The highest BCUT2D eigenvalue weighted by Gasteiger charge is 2.34. The van der Waals surface area contributed by atoms with E-state index in [9.17, 15) is 9.59 Å². The van der Waals surface area contributed by atoms with Crippen LogP contribution in [-0.4, -0.2) is 23.5 Å². The molecule has 2 unspecified atom stereocenters. The quantitative estimate of drug-likeness (QED) is 0.757. The molecule has 0 radical (unpaired) electrons. The van der Waals surface area contributed by atoms with E-state index in [1.54, 1.807) is 0 Å². The van der Waals surface area contributed by atoms with Crippen LogP contribution < -0.4 is 5.32 Å². The van der Waals surface area contributed by atoms with Gasteiger partial charge in [-0.3, -0.25) is 9.59 Å². The van der Waals surface area contributed by atoms with Gasteiger partial charge in [-0.1, -0.05) is 29.8 Å². The van der Waals surface area contributed by atoms with Gasteiger partial charge in [0.1, 0.15) is 5.92 Å². The molecule has 1 amide bonds. The summed E-state index contributed by atoms with van der Waals surface area (Å²) >= 11 is 0. The number of benzene rings is 1. The zero-order chi connectivity index (χ0) is 12.4. The van der Waals surface area contributed by atoms with E-state index in [1.165, 1.54) is 0 Å². The number of rotatable bonds is 2. The van der Waals surface area contributed by atoms with Crippen LogP contribution in [0.5, 0.6) is 0 Å². The predicted octanol–water partition coefficient (Wildman–Crippen LogP) is 1.30. The first-order valence-electron chi connectivity index (χ1n) is 5.65. The molecule has 2 atom stereocenters. The number of nitrogens with one attached hydrogen (secondary N) is 1. The van der Waals surface area contributed by atoms with Crippen LogP contribution in [0.1, 0.15) is 23.5 Å². The molecular formula is C13H15NO3. The minimum absolute atomic E-state index is 0.0914. The molecule has 4 heteroatoms. The molecule has 2 rings (SSSR count). The fraction of sp³-hybridized carbons (Fsp3) is 0.385. The summed E-state index contributed by atoms with van der Waals surface area (Å²) in [6.45, 7) is 2.52. The first kappa shape index (κ1) is 11.6. The van der Waals surface area contributed by atoms with Crippen LogP contribution in [0.15, 0.2) is 24.3 Å². The van der Waals surface area contributed by atoms with E-state index < -0.39 is 11.9 Å². The lowest BCUT2D eigenvalue weighted by Crippen LogP contribution is -2.43. The Morgan fingerprint density at radius 1 is 1.47 bits per heavy atom. The number of carbonyl (C=O) groups excluding carboxylic acids is 1. The molecule has 17 heavy (non-hydrogen) atoms. The summed E-state index contributed by atoms with van der Waals surface area (Å²) in [5.74, 6) is -2.25. The summed E-state index contributed by atoms with van der Waals surface area (Å²) < 4.78 is 0. The Morgan fingerprint density at radius 3 is 2.88 bits per heavy atom. The molecule has 1 fully saturated rings. The third-order valence-corrected chi connectivity index (χ3v) is 3.17. The van der Waals surface area contributed by atoms with Crippen LogP contribution in [0.3, 0.4) is 0 Å². The van der Waals surface area contributed by atoms with Gasteiger partial charge >= 0.3 is 5.97 Å². The van der Waals surface area contributed by atoms with Gasteiger partial charge in [0.15, 0.2) is 0 Å². The van der Waals surface area contributed by atoms with Gasteiger partial charge in [-0.25, -0.2) is 0 Å². The Kier molecular flexibility index (Phi) is 3.13. The van der Waals surface area contributed by atoms with Gasteiger partial charge in [0.05, 0.1) is 0 Å². The number of hydrogen-bond donors (Lipinski definition) is 2. The molecule has 0 aromatic heterocycles. The molecule has 1 aliphatic heterocycles. The number of hydrogen-bond acceptors (Lipinski definition) is 2. The van der Waals surface area contributed by atoms with Crippen molar-refractivity contribution in [3.05, 3.63) is 35.4 Å². The third-order valence-electron chi connectivity index (χ3n) is 3.17. The second-order valence-corrected chi connectivity index (χ2v) is 4.48. The Balaban J connectivity index is 2.18. The number of aryl methyl sites for hydroxylation is 1. The molecule has 0 saturated carbocycles. The molecule has 0 aliphatic carbocycles. The van der Waals surface area contributed by atoms with Gasteiger partial charge in [0.2, 0.25) is 5.91 Å². The van der Waals surface area contributed by atoms with E-state index >= 15 is 0 Å². The van der Waals surface area contributed by atoms with Crippen LogP contribution in [-0.2, 0) is 9.59 Å². The topological polar surface area (TPSA) is 66.4 Å². The number of piperidine rings is 1. The van der Waals surface area contributed by atoms with Crippen molar-refractivity contribution in [1.82, 2.24) is 5.32 Å². The summed E-state index contributed by atoms with van der Waals surface area (Å²) in [7, 11) is 0. The van der Waals surface area contributed by atoms with Gasteiger partial charge in [0, 0.05) is 12.5 Å². The monoisotopic (exact) mass is 233 g/mol. The maximum absolute atomic E-state index is 11.4. The number of carbonyl (C=O) groups is 2. The lowest BCUT2D eigenvalue weighted by atomic mass is 9.85. The van der Waals surface area contributed by atoms with Gasteiger partial charge < -0.3 is 10.4 Å². The lowest BCUT2D eigenvalue weighted by molar-refractivity contribution is -0.148. The largest absolute Gasteiger partial charge is 0.481 e. The van der Waals surface area contributed by atoms with E-state index in [0.29, 0.717) is 13.0 Å². The summed E-state index contributed by atoms with van der Waals surface area (Å²) in [6, 6.07) is 7.98. The molecule has 0 bridgehead atoms. The SMILES string of the molecule is Cc1cccc(C2CNC(=O)C(C(=O)O)C2)c1. The van der Waals surface area contributed by atoms with Crippen molar-refractivity contribution < 1.29 is 14.7 Å². The Hall–Kier alpha value is -1.84. The number of carboxylic acid groups (broad SMARTS) is 1. The van der Waals surface area contributed by atoms with E-state index in [2.05, 4.69) is 5.32 Å². The number of amides is 1. The molecule has 90 valence electrons. The van der Waals surface area contributed by atoms with E-state index in [-0.39, 0.29) is 11.8 Å². The van der Waals surface area contributed by atoms with Crippen LogP contribution in [0.2, 0.25) is 0 Å². The van der Waals surface area contributed by atoms with Crippen molar-refractivity contribution in [2.75, 3.05) is 6.54 Å². The normalized spacial score (nSPS) is 24.2. The second-order valence-electron chi connectivity index (χ2n) is 4.48. The highest BCUT2D eigenvalue weighted by molar-refractivity contribution is 5.97. The zero-order valence-electron chi connectivity index (χ0n) is 9.64. The average molecular weight is 233 g/mol. The first-order valence-corrected chi connectivity index (χ1v) is 5.65. The van der Waals surface area contributed by atoms with Crippen LogP contribution in [0.4, 0.5) is 0 Å². The molecule has 1 aromatic rings. The van der Waals surface area contributed by atoms with Crippen molar-refractivity contribution in [3.63, 3.8) is 0 Å². The Morgan fingerprint density at radius 2 is 2.24 bits per heavy atom. The van der Waals surface area contributed by atoms with Crippen LogP contribution in [0.25, 0.3) is 0 Å². The smallest absolute Gasteiger partial charge is 0.316 e. The van der Waals surface area contributed by atoms with Crippen molar-refractivity contribution in [2.24, 2.45) is 5.92 Å². The summed E-state index contributed by atoms with van der Waals surface area (Å²) in [4.78, 5) is 22.3. The van der Waals surface area contributed by atoms with Crippen LogP contribution in [0, 0.1) is 12.8 Å². The number of aliphatic carboxylic acids is 1. The summed E-state index contributed by atoms with van der Waals surface area (Å²) in [5, 5.41) is 11.6. The van der Waals surface area contributed by atoms with Crippen molar-refractivity contribution in [1.29, 1.82) is 0 Å². The molecule has 1 heterocycles. The predicted molar refractivity (Wildman–Crippen MR) is 62.7 cm³/mol. The molecular weight excluding hydrogens is 218 g/mol. The van der Waals surface area contributed by atoms with Crippen molar-refractivity contribution in [2.45, 2.75) is 19.3 Å². The summed E-state index contributed by atoms with van der Waals surface area (Å²) in [6.07, 6.45) is 0.380.